The van der Waals surface area contributed by atoms with Crippen LogP contribution in [0.2, 0.25) is 0 Å². The summed E-state index contributed by atoms with van der Waals surface area (Å²) in [7, 11) is 0. The standard InChI is InChI=1S/2C9H17FN2.C8H17FN2/c2*1-7(2)12-4-3-8(6-12)9(10)5-11;1-6(2)11-4-7(3-10)8(9)5-11/h2*7H,3-6,11H2,1-2H3;6-8H,3-5,10H2,1-2H3/b9-8+;9-8-;. The summed E-state index contributed by atoms with van der Waals surface area (Å²) in [5.41, 5.74) is 17.7. The second-order valence-electron chi connectivity index (χ2n) is 10.6. The number of alkyl halides is 1. The third-order valence-electron chi connectivity index (χ3n) is 7.20. The number of halogens is 3. The van der Waals surface area contributed by atoms with E-state index in [0.717, 1.165) is 56.7 Å². The molecule has 35 heavy (non-hydrogen) atoms. The van der Waals surface area contributed by atoms with E-state index in [9.17, 15) is 13.2 Å². The molecule has 0 amide bonds. The van der Waals surface area contributed by atoms with Crippen LogP contribution in [0.4, 0.5) is 13.2 Å². The van der Waals surface area contributed by atoms with E-state index in [1.165, 1.54) is 0 Å². The third kappa shape index (κ3) is 10.5. The Hall–Kier alpha value is -0.970. The molecule has 206 valence electrons. The van der Waals surface area contributed by atoms with E-state index < -0.39 is 6.17 Å². The Kier molecular flexibility index (Phi) is 14.6. The topological polar surface area (TPSA) is 87.8 Å². The van der Waals surface area contributed by atoms with Gasteiger partial charge in [-0.25, -0.2) is 13.2 Å². The summed E-state index contributed by atoms with van der Waals surface area (Å²) < 4.78 is 39.1. The molecule has 3 aliphatic heterocycles. The molecule has 9 heteroatoms. The van der Waals surface area contributed by atoms with Gasteiger partial charge in [0.1, 0.15) is 17.8 Å². The largest absolute Gasteiger partial charge is 0.330 e. The van der Waals surface area contributed by atoms with Crippen molar-refractivity contribution in [2.75, 3.05) is 58.9 Å². The molecule has 3 fully saturated rings. The molecule has 0 aromatic carbocycles. The van der Waals surface area contributed by atoms with Crippen LogP contribution in [0.3, 0.4) is 0 Å². The highest BCUT2D eigenvalue weighted by Crippen LogP contribution is 2.22. The van der Waals surface area contributed by atoms with Crippen LogP contribution in [0.25, 0.3) is 0 Å². The van der Waals surface area contributed by atoms with Crippen LogP contribution < -0.4 is 17.2 Å². The van der Waals surface area contributed by atoms with Gasteiger partial charge in [0.15, 0.2) is 0 Å². The predicted molar refractivity (Wildman–Crippen MR) is 141 cm³/mol. The van der Waals surface area contributed by atoms with Crippen molar-refractivity contribution in [1.82, 2.24) is 14.7 Å². The summed E-state index contributed by atoms with van der Waals surface area (Å²) in [5, 5.41) is 0. The van der Waals surface area contributed by atoms with E-state index in [4.69, 9.17) is 17.2 Å². The van der Waals surface area contributed by atoms with Crippen molar-refractivity contribution in [2.24, 2.45) is 23.1 Å². The van der Waals surface area contributed by atoms with E-state index in [0.29, 0.717) is 31.2 Å². The Morgan fingerprint density at radius 3 is 1.37 bits per heavy atom. The number of likely N-dealkylation sites (tertiary alicyclic amines) is 3. The average molecular weight is 505 g/mol. The molecular formula is C26H51F3N6. The van der Waals surface area contributed by atoms with Gasteiger partial charge >= 0.3 is 0 Å². The van der Waals surface area contributed by atoms with Crippen LogP contribution in [0.5, 0.6) is 0 Å². The van der Waals surface area contributed by atoms with Crippen molar-refractivity contribution < 1.29 is 13.2 Å². The Bertz CT molecular complexity index is 638. The van der Waals surface area contributed by atoms with Crippen LogP contribution in [-0.2, 0) is 0 Å². The van der Waals surface area contributed by atoms with E-state index in [-0.39, 0.29) is 30.7 Å². The maximum Gasteiger partial charge on any atom is 0.118 e. The molecule has 2 atom stereocenters. The zero-order chi connectivity index (χ0) is 26.7. The Balaban J connectivity index is 0.000000263. The van der Waals surface area contributed by atoms with E-state index in [1.807, 2.05) is 0 Å². The van der Waals surface area contributed by atoms with Crippen LogP contribution in [-0.4, -0.2) is 97.9 Å². The third-order valence-corrected chi connectivity index (χ3v) is 7.20. The first-order valence-electron chi connectivity index (χ1n) is 13.1. The van der Waals surface area contributed by atoms with Crippen molar-refractivity contribution in [2.45, 2.75) is 78.7 Å². The average Bonchev–Trinajstić information content (AvgIpc) is 3.58. The molecule has 0 aromatic rings. The van der Waals surface area contributed by atoms with Crippen LogP contribution in [0.15, 0.2) is 22.8 Å². The molecule has 3 rings (SSSR count). The van der Waals surface area contributed by atoms with Gasteiger partial charge in [0, 0.05) is 76.4 Å². The lowest BCUT2D eigenvalue weighted by Crippen LogP contribution is -2.29. The Labute approximate surface area is 211 Å². The second kappa shape index (κ2) is 16.0. The molecule has 0 radical (unpaired) electrons. The van der Waals surface area contributed by atoms with Crippen LogP contribution >= 0.6 is 0 Å². The summed E-state index contributed by atoms with van der Waals surface area (Å²) in [4.78, 5) is 6.65. The first kappa shape index (κ1) is 32.1. The van der Waals surface area contributed by atoms with Gasteiger partial charge in [-0.2, -0.15) is 0 Å². The fraction of sp³-hybridized carbons (Fsp3) is 0.846. The quantitative estimate of drug-likeness (QED) is 0.515. The van der Waals surface area contributed by atoms with Gasteiger partial charge in [0.25, 0.3) is 0 Å². The molecular weight excluding hydrogens is 453 g/mol. The van der Waals surface area contributed by atoms with Gasteiger partial charge in [-0.15, -0.1) is 0 Å². The number of rotatable bonds is 6. The number of hydrogen-bond acceptors (Lipinski definition) is 6. The minimum absolute atomic E-state index is 0.0568. The highest BCUT2D eigenvalue weighted by molar-refractivity contribution is 5.16. The first-order chi connectivity index (χ1) is 16.4. The molecule has 0 bridgehead atoms. The first-order valence-corrected chi connectivity index (χ1v) is 13.1. The molecule has 3 heterocycles. The minimum atomic E-state index is -0.706. The minimum Gasteiger partial charge on any atom is -0.330 e. The Morgan fingerprint density at radius 2 is 1.14 bits per heavy atom. The maximum absolute atomic E-state index is 13.1. The lowest BCUT2D eigenvalue weighted by atomic mass is 10.1. The van der Waals surface area contributed by atoms with E-state index in [1.54, 1.807) is 0 Å². The second-order valence-corrected chi connectivity index (χ2v) is 10.6. The summed E-state index contributed by atoms with van der Waals surface area (Å²) in [5.74, 6) is -0.159. The van der Waals surface area contributed by atoms with Gasteiger partial charge in [-0.1, -0.05) is 0 Å². The number of nitrogens with two attached hydrogens (primary N) is 3. The molecule has 2 unspecified atom stereocenters. The molecule has 0 aliphatic carbocycles. The molecule has 3 saturated heterocycles. The van der Waals surface area contributed by atoms with Crippen molar-refractivity contribution in [3.8, 4) is 0 Å². The normalized spacial score (nSPS) is 26.8. The fourth-order valence-electron chi connectivity index (χ4n) is 4.48. The summed E-state index contributed by atoms with van der Waals surface area (Å²) in [6.07, 6.45) is 0.991. The monoisotopic (exact) mass is 504 g/mol. The molecule has 0 aromatic heterocycles. The maximum atomic E-state index is 13.1. The van der Waals surface area contributed by atoms with Gasteiger partial charge in [0.2, 0.25) is 0 Å². The SMILES string of the molecule is CC(C)N1CC(F)C(CN)C1.CC(C)N1CC/C(=C(/F)CN)C1.CC(C)N1CC/C(=C(\F)CN)C1. The zero-order valence-electron chi connectivity index (χ0n) is 22.9. The van der Waals surface area contributed by atoms with Gasteiger partial charge < -0.3 is 17.2 Å². The predicted octanol–water partition coefficient (Wildman–Crippen LogP) is 3.19. The van der Waals surface area contributed by atoms with Crippen molar-refractivity contribution in [1.29, 1.82) is 0 Å². The highest BCUT2D eigenvalue weighted by atomic mass is 19.1. The smallest absolute Gasteiger partial charge is 0.118 e. The van der Waals surface area contributed by atoms with Crippen LogP contribution in [0, 0.1) is 5.92 Å². The lowest BCUT2D eigenvalue weighted by molar-refractivity contribution is 0.245. The van der Waals surface area contributed by atoms with Crippen molar-refractivity contribution >= 4 is 0 Å². The van der Waals surface area contributed by atoms with E-state index >= 15 is 0 Å². The summed E-state index contributed by atoms with van der Waals surface area (Å²) >= 11 is 0. The van der Waals surface area contributed by atoms with Crippen molar-refractivity contribution in [3.63, 3.8) is 0 Å². The van der Waals surface area contributed by atoms with Gasteiger partial charge in [-0.3, -0.25) is 14.7 Å². The summed E-state index contributed by atoms with van der Waals surface area (Å²) in [6.45, 7) is 18.2. The molecule has 0 saturated carbocycles. The van der Waals surface area contributed by atoms with Crippen molar-refractivity contribution in [3.05, 3.63) is 22.8 Å². The fourth-order valence-corrected chi connectivity index (χ4v) is 4.48. The number of nitrogens with zero attached hydrogens (tertiary/aromatic N) is 3. The zero-order valence-corrected chi connectivity index (χ0v) is 22.9. The molecule has 0 spiro atoms. The van der Waals surface area contributed by atoms with Gasteiger partial charge in [-0.05, 0) is 72.1 Å². The molecule has 6 N–H and O–H groups in total. The van der Waals surface area contributed by atoms with E-state index in [2.05, 4.69) is 56.2 Å². The summed E-state index contributed by atoms with van der Waals surface area (Å²) in [6, 6.07) is 1.46. The lowest BCUT2D eigenvalue weighted by Gasteiger charge is -2.19. The highest BCUT2D eigenvalue weighted by Gasteiger charge is 2.32. The number of hydrogen-bond donors (Lipinski definition) is 3. The molecule has 6 nitrogen and oxygen atoms in total. The Morgan fingerprint density at radius 1 is 0.743 bits per heavy atom. The van der Waals surface area contributed by atoms with Crippen LogP contribution in [0.1, 0.15) is 54.4 Å². The molecule has 3 aliphatic rings. The van der Waals surface area contributed by atoms with Gasteiger partial charge in [0.05, 0.1) is 0 Å².